The molecule has 170 valence electrons. The SMILES string of the molecule is CN=C(NCc1cccc(COC2CCOCC2)c1)NC(C)CCc1ccccc1.I. The van der Waals surface area contributed by atoms with E-state index in [-0.39, 0.29) is 24.0 Å². The molecule has 0 saturated carbocycles. The molecule has 0 amide bonds. The smallest absolute Gasteiger partial charge is 0.191 e. The third kappa shape index (κ3) is 9.58. The van der Waals surface area contributed by atoms with Crippen LogP contribution in [0.1, 0.15) is 42.9 Å². The molecule has 0 radical (unpaired) electrons. The van der Waals surface area contributed by atoms with Crippen molar-refractivity contribution in [2.45, 2.75) is 57.9 Å². The van der Waals surface area contributed by atoms with Crippen molar-refractivity contribution in [3.05, 3.63) is 71.3 Å². The molecule has 31 heavy (non-hydrogen) atoms. The summed E-state index contributed by atoms with van der Waals surface area (Å²) in [5.41, 5.74) is 3.80. The lowest BCUT2D eigenvalue weighted by Crippen LogP contribution is -2.42. The van der Waals surface area contributed by atoms with E-state index in [9.17, 15) is 0 Å². The van der Waals surface area contributed by atoms with Crippen molar-refractivity contribution in [2.75, 3.05) is 20.3 Å². The van der Waals surface area contributed by atoms with Crippen LogP contribution >= 0.6 is 24.0 Å². The van der Waals surface area contributed by atoms with Crippen LogP contribution in [0.3, 0.4) is 0 Å². The van der Waals surface area contributed by atoms with E-state index in [1.54, 1.807) is 0 Å². The van der Waals surface area contributed by atoms with E-state index in [2.05, 4.69) is 77.1 Å². The molecule has 1 unspecified atom stereocenters. The van der Waals surface area contributed by atoms with Gasteiger partial charge in [0.05, 0.1) is 12.7 Å². The summed E-state index contributed by atoms with van der Waals surface area (Å²) in [7, 11) is 1.82. The first-order chi connectivity index (χ1) is 14.7. The van der Waals surface area contributed by atoms with E-state index in [0.29, 0.717) is 18.8 Å². The number of ether oxygens (including phenoxy) is 2. The Kier molecular flexibility index (Phi) is 11.9. The summed E-state index contributed by atoms with van der Waals surface area (Å²) in [6, 6.07) is 19.5. The summed E-state index contributed by atoms with van der Waals surface area (Å²) in [5, 5.41) is 6.92. The highest BCUT2D eigenvalue weighted by molar-refractivity contribution is 14.0. The lowest BCUT2D eigenvalue weighted by atomic mass is 10.1. The molecule has 0 aromatic heterocycles. The van der Waals surface area contributed by atoms with Gasteiger partial charge in [0.2, 0.25) is 0 Å². The van der Waals surface area contributed by atoms with Gasteiger partial charge in [-0.3, -0.25) is 4.99 Å². The summed E-state index contributed by atoms with van der Waals surface area (Å²) in [5.74, 6) is 0.833. The van der Waals surface area contributed by atoms with Crippen LogP contribution in [0.2, 0.25) is 0 Å². The number of hydrogen-bond donors (Lipinski definition) is 2. The summed E-state index contributed by atoms with van der Waals surface area (Å²) < 4.78 is 11.4. The monoisotopic (exact) mass is 537 g/mol. The van der Waals surface area contributed by atoms with Gasteiger partial charge in [0, 0.05) is 32.8 Å². The number of halogens is 1. The number of hydrogen-bond acceptors (Lipinski definition) is 3. The van der Waals surface area contributed by atoms with Gasteiger partial charge in [-0.1, -0.05) is 54.6 Å². The van der Waals surface area contributed by atoms with Crippen LogP contribution in [-0.4, -0.2) is 38.4 Å². The number of aliphatic imine (C=N–C) groups is 1. The number of guanidine groups is 1. The third-order valence-electron chi connectivity index (χ3n) is 5.42. The zero-order valence-electron chi connectivity index (χ0n) is 18.7. The fraction of sp³-hybridized carbons (Fsp3) is 0.480. The zero-order chi connectivity index (χ0) is 21.0. The van der Waals surface area contributed by atoms with Crippen molar-refractivity contribution < 1.29 is 9.47 Å². The highest BCUT2D eigenvalue weighted by atomic mass is 127. The first-order valence-electron chi connectivity index (χ1n) is 11.0. The lowest BCUT2D eigenvalue weighted by Gasteiger charge is -2.22. The second kappa shape index (κ2) is 14.4. The molecule has 0 aliphatic carbocycles. The molecule has 6 heteroatoms. The molecular formula is C25H36IN3O2. The van der Waals surface area contributed by atoms with Gasteiger partial charge in [-0.2, -0.15) is 0 Å². The van der Waals surface area contributed by atoms with Gasteiger partial charge in [0.15, 0.2) is 5.96 Å². The molecule has 2 N–H and O–H groups in total. The fourth-order valence-corrected chi connectivity index (χ4v) is 3.60. The lowest BCUT2D eigenvalue weighted by molar-refractivity contribution is -0.0390. The minimum atomic E-state index is 0. The number of nitrogens with one attached hydrogen (secondary N) is 2. The summed E-state index contributed by atoms with van der Waals surface area (Å²) >= 11 is 0. The highest BCUT2D eigenvalue weighted by Crippen LogP contribution is 2.14. The second-order valence-electron chi connectivity index (χ2n) is 7.94. The normalized spacial score (nSPS) is 15.7. The van der Waals surface area contributed by atoms with Gasteiger partial charge < -0.3 is 20.1 Å². The van der Waals surface area contributed by atoms with E-state index >= 15 is 0 Å². The average Bonchev–Trinajstić information content (AvgIpc) is 2.80. The number of aryl methyl sites for hydroxylation is 1. The van der Waals surface area contributed by atoms with Crippen LogP contribution in [0, 0.1) is 0 Å². The van der Waals surface area contributed by atoms with Gasteiger partial charge in [-0.05, 0) is 49.3 Å². The predicted octanol–water partition coefficient (Wildman–Crippen LogP) is 4.69. The number of benzene rings is 2. The molecule has 5 nitrogen and oxygen atoms in total. The van der Waals surface area contributed by atoms with Gasteiger partial charge in [-0.25, -0.2) is 0 Å². The molecule has 1 aliphatic heterocycles. The van der Waals surface area contributed by atoms with Crippen LogP contribution in [0.5, 0.6) is 0 Å². The summed E-state index contributed by atoms with van der Waals surface area (Å²) in [6.07, 6.45) is 4.42. The maximum Gasteiger partial charge on any atom is 0.191 e. The maximum absolute atomic E-state index is 6.05. The molecule has 1 fully saturated rings. The Morgan fingerprint density at radius 2 is 1.77 bits per heavy atom. The third-order valence-corrected chi connectivity index (χ3v) is 5.42. The Hall–Kier alpha value is -1.64. The number of nitrogens with zero attached hydrogens (tertiary/aromatic N) is 1. The quantitative estimate of drug-likeness (QED) is 0.277. The van der Waals surface area contributed by atoms with Crippen LogP contribution in [0.15, 0.2) is 59.6 Å². The molecule has 0 bridgehead atoms. The largest absolute Gasteiger partial charge is 0.381 e. The molecular weight excluding hydrogens is 501 g/mol. The highest BCUT2D eigenvalue weighted by Gasteiger charge is 2.14. The van der Waals surface area contributed by atoms with E-state index in [1.807, 2.05) is 7.05 Å². The van der Waals surface area contributed by atoms with Crippen molar-refractivity contribution >= 4 is 29.9 Å². The molecule has 1 saturated heterocycles. The average molecular weight is 537 g/mol. The van der Waals surface area contributed by atoms with Crippen LogP contribution in [-0.2, 0) is 29.0 Å². The zero-order valence-corrected chi connectivity index (χ0v) is 21.0. The molecule has 1 aliphatic rings. The summed E-state index contributed by atoms with van der Waals surface area (Å²) in [6.45, 7) is 5.21. The van der Waals surface area contributed by atoms with E-state index in [0.717, 1.165) is 51.4 Å². The Bertz CT molecular complexity index is 779. The Balaban J connectivity index is 0.00000341. The van der Waals surface area contributed by atoms with Gasteiger partial charge in [0.1, 0.15) is 0 Å². The fourth-order valence-electron chi connectivity index (χ4n) is 3.60. The molecule has 3 rings (SSSR count). The molecule has 1 atom stereocenters. The summed E-state index contributed by atoms with van der Waals surface area (Å²) in [4.78, 5) is 4.38. The predicted molar refractivity (Wildman–Crippen MR) is 138 cm³/mol. The van der Waals surface area contributed by atoms with Crippen molar-refractivity contribution in [2.24, 2.45) is 4.99 Å². The second-order valence-corrected chi connectivity index (χ2v) is 7.94. The van der Waals surface area contributed by atoms with Crippen molar-refractivity contribution in [3.8, 4) is 0 Å². The molecule has 0 spiro atoms. The first-order valence-corrected chi connectivity index (χ1v) is 11.0. The van der Waals surface area contributed by atoms with Crippen LogP contribution < -0.4 is 10.6 Å². The number of rotatable bonds is 9. The topological polar surface area (TPSA) is 54.9 Å². The Morgan fingerprint density at radius 3 is 2.52 bits per heavy atom. The van der Waals surface area contributed by atoms with Crippen molar-refractivity contribution in [3.63, 3.8) is 0 Å². The molecule has 1 heterocycles. The van der Waals surface area contributed by atoms with E-state index < -0.39 is 0 Å². The van der Waals surface area contributed by atoms with E-state index in [4.69, 9.17) is 9.47 Å². The van der Waals surface area contributed by atoms with Gasteiger partial charge in [0.25, 0.3) is 0 Å². The maximum atomic E-state index is 6.05. The Morgan fingerprint density at radius 1 is 1.06 bits per heavy atom. The van der Waals surface area contributed by atoms with Crippen LogP contribution in [0.25, 0.3) is 0 Å². The standard InChI is InChI=1S/C25H35N3O2.HI/c1-20(11-12-21-7-4-3-5-8-21)28-25(26-2)27-18-22-9-6-10-23(17-22)19-30-24-13-15-29-16-14-24;/h3-10,17,20,24H,11-16,18-19H2,1-2H3,(H2,26,27,28);1H. The van der Waals surface area contributed by atoms with Gasteiger partial charge >= 0.3 is 0 Å². The van der Waals surface area contributed by atoms with Crippen LogP contribution in [0.4, 0.5) is 0 Å². The van der Waals surface area contributed by atoms with Crippen molar-refractivity contribution in [1.29, 1.82) is 0 Å². The van der Waals surface area contributed by atoms with Crippen molar-refractivity contribution in [1.82, 2.24) is 10.6 Å². The van der Waals surface area contributed by atoms with E-state index in [1.165, 1.54) is 16.7 Å². The minimum Gasteiger partial charge on any atom is -0.381 e. The molecule has 2 aromatic rings. The van der Waals surface area contributed by atoms with Gasteiger partial charge in [-0.15, -0.1) is 24.0 Å². The minimum absolute atomic E-state index is 0. The molecule has 2 aromatic carbocycles. The first kappa shape index (κ1) is 25.6. The Labute approximate surface area is 204 Å².